The molecule has 0 spiro atoms. The SMILES string of the molecule is CCCCCCN(CCN1CCOCC1)S(=O)(=O)c1ccccc1. The van der Waals surface area contributed by atoms with Gasteiger partial charge in [0.1, 0.15) is 0 Å². The monoisotopic (exact) mass is 354 g/mol. The number of ether oxygens (including phenoxy) is 1. The topological polar surface area (TPSA) is 49.9 Å². The summed E-state index contributed by atoms with van der Waals surface area (Å²) in [5.74, 6) is 0. The average molecular weight is 355 g/mol. The second kappa shape index (κ2) is 10.1. The zero-order valence-corrected chi connectivity index (χ0v) is 15.5. The number of rotatable bonds is 10. The standard InChI is InChI=1S/C18H30N2O3S/c1-2-3-4-8-11-20(13-12-19-14-16-23-17-15-19)24(21,22)18-9-6-5-7-10-18/h5-7,9-10H,2-4,8,11-17H2,1H3. The second-order valence-corrected chi connectivity index (χ2v) is 8.17. The maximum absolute atomic E-state index is 13.0. The fourth-order valence-corrected chi connectivity index (χ4v) is 4.38. The lowest BCUT2D eigenvalue weighted by molar-refractivity contribution is 0.0362. The Bertz CT molecular complexity index is 557. The van der Waals surface area contributed by atoms with E-state index in [1.165, 1.54) is 0 Å². The molecule has 0 amide bonds. The highest BCUT2D eigenvalue weighted by atomic mass is 32.2. The fourth-order valence-electron chi connectivity index (χ4n) is 2.89. The van der Waals surface area contributed by atoms with E-state index in [2.05, 4.69) is 11.8 Å². The highest BCUT2D eigenvalue weighted by Gasteiger charge is 2.24. The quantitative estimate of drug-likeness (QED) is 0.606. The summed E-state index contributed by atoms with van der Waals surface area (Å²) in [5.41, 5.74) is 0. The Morgan fingerprint density at radius 1 is 1.04 bits per heavy atom. The minimum atomic E-state index is -3.41. The predicted octanol–water partition coefficient (Wildman–Crippen LogP) is 2.59. The van der Waals surface area contributed by atoms with E-state index in [0.29, 0.717) is 18.0 Å². The molecule has 0 aromatic heterocycles. The Kier molecular flexibility index (Phi) is 8.18. The molecular formula is C18H30N2O3S. The lowest BCUT2D eigenvalue weighted by Gasteiger charge is -2.29. The Hall–Kier alpha value is -0.950. The maximum Gasteiger partial charge on any atom is 0.243 e. The molecule has 1 aliphatic rings. The van der Waals surface area contributed by atoms with Crippen molar-refractivity contribution in [1.82, 2.24) is 9.21 Å². The summed E-state index contributed by atoms with van der Waals surface area (Å²) < 4.78 is 32.9. The van der Waals surface area contributed by atoms with Gasteiger partial charge in [-0.3, -0.25) is 4.90 Å². The van der Waals surface area contributed by atoms with Gasteiger partial charge in [0.15, 0.2) is 0 Å². The van der Waals surface area contributed by atoms with E-state index in [1.54, 1.807) is 28.6 Å². The highest BCUT2D eigenvalue weighted by Crippen LogP contribution is 2.16. The molecule has 1 aliphatic heterocycles. The Morgan fingerprint density at radius 2 is 1.75 bits per heavy atom. The van der Waals surface area contributed by atoms with Crippen LogP contribution in [0.2, 0.25) is 0 Å². The molecule has 0 saturated carbocycles. The zero-order valence-electron chi connectivity index (χ0n) is 14.7. The molecule has 5 nitrogen and oxygen atoms in total. The van der Waals surface area contributed by atoms with Crippen LogP contribution in [0.1, 0.15) is 32.6 Å². The summed E-state index contributed by atoms with van der Waals surface area (Å²) in [6, 6.07) is 8.78. The number of hydrogen-bond acceptors (Lipinski definition) is 4. The molecule has 1 aromatic rings. The minimum absolute atomic E-state index is 0.391. The van der Waals surface area contributed by atoms with Crippen LogP contribution in [0, 0.1) is 0 Å². The summed E-state index contributed by atoms with van der Waals surface area (Å²) >= 11 is 0. The van der Waals surface area contributed by atoms with Gasteiger partial charge in [-0.1, -0.05) is 44.4 Å². The molecule has 136 valence electrons. The Morgan fingerprint density at radius 3 is 2.42 bits per heavy atom. The van der Waals surface area contributed by atoms with Crippen LogP contribution in [0.5, 0.6) is 0 Å². The highest BCUT2D eigenvalue weighted by molar-refractivity contribution is 7.89. The first-order valence-electron chi connectivity index (χ1n) is 9.00. The van der Waals surface area contributed by atoms with Gasteiger partial charge in [-0.15, -0.1) is 0 Å². The molecule has 1 aromatic carbocycles. The van der Waals surface area contributed by atoms with Gasteiger partial charge in [0.2, 0.25) is 10.0 Å². The van der Waals surface area contributed by atoms with E-state index >= 15 is 0 Å². The van der Waals surface area contributed by atoms with Gasteiger partial charge in [0.25, 0.3) is 0 Å². The van der Waals surface area contributed by atoms with Crippen molar-refractivity contribution < 1.29 is 13.2 Å². The largest absolute Gasteiger partial charge is 0.379 e. The van der Waals surface area contributed by atoms with Crippen LogP contribution in [-0.2, 0) is 14.8 Å². The van der Waals surface area contributed by atoms with Gasteiger partial charge >= 0.3 is 0 Å². The number of hydrogen-bond donors (Lipinski definition) is 0. The molecule has 1 fully saturated rings. The second-order valence-electron chi connectivity index (χ2n) is 6.23. The van der Waals surface area contributed by atoms with Crippen molar-refractivity contribution in [3.63, 3.8) is 0 Å². The summed E-state index contributed by atoms with van der Waals surface area (Å²) in [5, 5.41) is 0. The van der Waals surface area contributed by atoms with Crippen LogP contribution in [0.4, 0.5) is 0 Å². The van der Waals surface area contributed by atoms with Crippen LogP contribution < -0.4 is 0 Å². The van der Waals surface area contributed by atoms with Gasteiger partial charge in [-0.2, -0.15) is 4.31 Å². The molecular weight excluding hydrogens is 324 g/mol. The van der Waals surface area contributed by atoms with Crippen molar-refractivity contribution >= 4 is 10.0 Å². The third-order valence-electron chi connectivity index (χ3n) is 4.41. The average Bonchev–Trinajstić information content (AvgIpc) is 2.62. The number of nitrogens with zero attached hydrogens (tertiary/aromatic N) is 2. The van der Waals surface area contributed by atoms with Gasteiger partial charge in [0, 0.05) is 32.7 Å². The number of sulfonamides is 1. The van der Waals surface area contributed by atoms with Crippen LogP contribution in [0.25, 0.3) is 0 Å². The van der Waals surface area contributed by atoms with Crippen molar-refractivity contribution in [1.29, 1.82) is 0 Å². The summed E-state index contributed by atoms with van der Waals surface area (Å²) in [6.45, 7) is 7.32. The molecule has 24 heavy (non-hydrogen) atoms. The predicted molar refractivity (Wildman–Crippen MR) is 96.6 cm³/mol. The van der Waals surface area contributed by atoms with Gasteiger partial charge < -0.3 is 4.74 Å². The zero-order chi connectivity index (χ0) is 17.3. The first-order chi connectivity index (χ1) is 11.6. The van der Waals surface area contributed by atoms with Crippen LogP contribution >= 0.6 is 0 Å². The van der Waals surface area contributed by atoms with E-state index < -0.39 is 10.0 Å². The molecule has 1 heterocycles. The first-order valence-corrected chi connectivity index (χ1v) is 10.4. The maximum atomic E-state index is 13.0. The van der Waals surface area contributed by atoms with E-state index in [0.717, 1.165) is 58.5 Å². The van der Waals surface area contributed by atoms with Crippen LogP contribution in [-0.4, -0.2) is 63.6 Å². The van der Waals surface area contributed by atoms with E-state index in [-0.39, 0.29) is 0 Å². The summed E-state index contributed by atoms with van der Waals surface area (Å²) in [6.07, 6.45) is 4.31. The first kappa shape index (κ1) is 19.4. The molecule has 0 aliphatic carbocycles. The number of unbranched alkanes of at least 4 members (excludes halogenated alkanes) is 3. The summed E-state index contributed by atoms with van der Waals surface area (Å²) in [4.78, 5) is 2.67. The molecule has 1 saturated heterocycles. The third-order valence-corrected chi connectivity index (χ3v) is 6.32. The summed E-state index contributed by atoms with van der Waals surface area (Å²) in [7, 11) is -3.41. The van der Waals surface area contributed by atoms with Crippen molar-refractivity contribution in [2.24, 2.45) is 0 Å². The van der Waals surface area contributed by atoms with E-state index in [1.807, 2.05) is 6.07 Å². The van der Waals surface area contributed by atoms with Crippen molar-refractivity contribution in [2.75, 3.05) is 45.9 Å². The molecule has 0 unspecified atom stereocenters. The van der Waals surface area contributed by atoms with Crippen molar-refractivity contribution in [2.45, 2.75) is 37.5 Å². The Labute approximate surface area is 146 Å². The third kappa shape index (κ3) is 5.84. The van der Waals surface area contributed by atoms with Gasteiger partial charge in [0.05, 0.1) is 18.1 Å². The minimum Gasteiger partial charge on any atom is -0.379 e. The molecule has 0 bridgehead atoms. The van der Waals surface area contributed by atoms with Gasteiger partial charge in [-0.05, 0) is 18.6 Å². The molecule has 0 radical (unpaired) electrons. The molecule has 0 atom stereocenters. The number of benzene rings is 1. The van der Waals surface area contributed by atoms with E-state index in [4.69, 9.17) is 4.74 Å². The molecule has 6 heteroatoms. The lowest BCUT2D eigenvalue weighted by Crippen LogP contribution is -2.43. The molecule has 0 N–H and O–H groups in total. The smallest absolute Gasteiger partial charge is 0.243 e. The van der Waals surface area contributed by atoms with Crippen LogP contribution in [0.15, 0.2) is 35.2 Å². The van der Waals surface area contributed by atoms with Gasteiger partial charge in [-0.25, -0.2) is 8.42 Å². The van der Waals surface area contributed by atoms with Crippen molar-refractivity contribution in [3.05, 3.63) is 30.3 Å². The van der Waals surface area contributed by atoms with Crippen molar-refractivity contribution in [3.8, 4) is 0 Å². The lowest BCUT2D eigenvalue weighted by atomic mass is 10.2. The Balaban J connectivity index is 2.00. The fraction of sp³-hybridized carbons (Fsp3) is 0.667. The number of morpholine rings is 1. The van der Waals surface area contributed by atoms with E-state index in [9.17, 15) is 8.42 Å². The normalized spacial score (nSPS) is 16.6. The van der Waals surface area contributed by atoms with Crippen LogP contribution in [0.3, 0.4) is 0 Å². The molecule has 2 rings (SSSR count).